The van der Waals surface area contributed by atoms with E-state index in [1.165, 1.54) is 32.4 Å². The first kappa shape index (κ1) is 11.5. The van der Waals surface area contributed by atoms with Gasteiger partial charge in [-0.15, -0.1) is 0 Å². The number of aliphatic hydroxyl groups is 1. The Bertz CT molecular complexity index is 368. The topological polar surface area (TPSA) is 49.8 Å². The lowest BCUT2D eigenvalue weighted by Gasteiger charge is -2.18. The van der Waals surface area contributed by atoms with Gasteiger partial charge >= 0.3 is 0 Å². The highest BCUT2D eigenvalue weighted by atomic mass is 19.1. The largest absolute Gasteiger partial charge is 0.495 e. The maximum Gasteiger partial charge on any atom is 0.252 e. The molecule has 0 heterocycles. The summed E-state index contributed by atoms with van der Waals surface area (Å²) >= 11 is 0. The number of methoxy groups -OCH3 is 1. The molecular formula is C10H12FNO3. The third-order valence-corrected chi connectivity index (χ3v) is 2.01. The molecule has 4 nitrogen and oxygen atoms in total. The van der Waals surface area contributed by atoms with Gasteiger partial charge in [-0.05, 0) is 12.1 Å². The van der Waals surface area contributed by atoms with E-state index in [1.54, 1.807) is 0 Å². The lowest BCUT2D eigenvalue weighted by Crippen LogP contribution is -2.29. The lowest BCUT2D eigenvalue weighted by molar-refractivity contribution is -0.120. The molecule has 0 radical (unpaired) electrons. The average Bonchev–Trinajstić information content (AvgIpc) is 2.27. The molecule has 1 rings (SSSR count). The smallest absolute Gasteiger partial charge is 0.252 e. The normalized spacial score (nSPS) is 9.87. The van der Waals surface area contributed by atoms with Crippen LogP contribution >= 0.6 is 0 Å². The minimum Gasteiger partial charge on any atom is -0.495 e. The number of carbonyl (C=O) groups excluding carboxylic acids is 1. The van der Waals surface area contributed by atoms with Gasteiger partial charge < -0.3 is 14.7 Å². The van der Waals surface area contributed by atoms with Crippen LogP contribution in [0, 0.1) is 5.82 Å². The Hall–Kier alpha value is -1.62. The first-order chi connectivity index (χ1) is 7.10. The minimum absolute atomic E-state index is 0.288. The zero-order chi connectivity index (χ0) is 11.4. The van der Waals surface area contributed by atoms with Crippen LogP contribution in [-0.2, 0) is 4.79 Å². The molecular weight excluding hydrogens is 201 g/mol. The van der Waals surface area contributed by atoms with Gasteiger partial charge in [0.15, 0.2) is 0 Å². The first-order valence-corrected chi connectivity index (χ1v) is 4.31. The van der Waals surface area contributed by atoms with Crippen molar-refractivity contribution in [3.05, 3.63) is 24.0 Å². The molecule has 1 aromatic carbocycles. The monoisotopic (exact) mass is 213 g/mol. The average molecular weight is 213 g/mol. The van der Waals surface area contributed by atoms with Gasteiger partial charge in [-0.25, -0.2) is 4.39 Å². The van der Waals surface area contributed by atoms with E-state index in [0.29, 0.717) is 5.75 Å². The van der Waals surface area contributed by atoms with E-state index in [-0.39, 0.29) is 5.69 Å². The van der Waals surface area contributed by atoms with E-state index < -0.39 is 18.3 Å². The number of halogens is 1. The van der Waals surface area contributed by atoms with Crippen LogP contribution in [0.3, 0.4) is 0 Å². The molecule has 0 aromatic heterocycles. The summed E-state index contributed by atoms with van der Waals surface area (Å²) in [7, 11) is 2.86. The number of amides is 1. The molecule has 0 unspecified atom stereocenters. The number of hydrogen-bond acceptors (Lipinski definition) is 3. The van der Waals surface area contributed by atoms with Gasteiger partial charge in [0.25, 0.3) is 5.91 Å². The molecule has 15 heavy (non-hydrogen) atoms. The summed E-state index contributed by atoms with van der Waals surface area (Å²) < 4.78 is 17.9. The summed E-state index contributed by atoms with van der Waals surface area (Å²) in [6.45, 7) is -0.629. The minimum atomic E-state index is -0.629. The molecule has 0 aliphatic rings. The number of carbonyl (C=O) groups is 1. The number of likely N-dealkylation sites (N-methyl/N-ethyl adjacent to an activating group) is 1. The number of benzene rings is 1. The van der Waals surface area contributed by atoms with E-state index in [0.717, 1.165) is 4.90 Å². The summed E-state index contributed by atoms with van der Waals surface area (Å²) in [4.78, 5) is 12.3. The Morgan fingerprint density at radius 3 is 2.80 bits per heavy atom. The Morgan fingerprint density at radius 2 is 2.27 bits per heavy atom. The number of rotatable bonds is 3. The molecule has 82 valence electrons. The maximum atomic E-state index is 13.0. The van der Waals surface area contributed by atoms with E-state index in [2.05, 4.69) is 0 Å². The molecule has 0 spiro atoms. The van der Waals surface area contributed by atoms with Crippen LogP contribution in [0.25, 0.3) is 0 Å². The zero-order valence-electron chi connectivity index (χ0n) is 8.53. The quantitative estimate of drug-likeness (QED) is 0.807. The molecule has 1 aromatic rings. The van der Waals surface area contributed by atoms with Crippen molar-refractivity contribution in [1.29, 1.82) is 0 Å². The van der Waals surface area contributed by atoms with Crippen LogP contribution in [-0.4, -0.2) is 31.8 Å². The summed E-state index contributed by atoms with van der Waals surface area (Å²) in [6.07, 6.45) is 0. The molecule has 0 aliphatic carbocycles. The molecule has 0 aliphatic heterocycles. The Morgan fingerprint density at radius 1 is 1.60 bits per heavy atom. The molecule has 0 atom stereocenters. The van der Waals surface area contributed by atoms with Crippen molar-refractivity contribution in [1.82, 2.24) is 0 Å². The Balaban J connectivity index is 3.10. The van der Waals surface area contributed by atoms with E-state index in [9.17, 15) is 9.18 Å². The van der Waals surface area contributed by atoms with Crippen molar-refractivity contribution in [2.24, 2.45) is 0 Å². The van der Waals surface area contributed by atoms with Crippen molar-refractivity contribution in [2.45, 2.75) is 0 Å². The number of nitrogens with zero attached hydrogens (tertiary/aromatic N) is 1. The highest BCUT2D eigenvalue weighted by Crippen LogP contribution is 2.27. The second kappa shape index (κ2) is 4.75. The molecule has 0 saturated heterocycles. The fourth-order valence-corrected chi connectivity index (χ4v) is 1.17. The molecule has 1 amide bonds. The van der Waals surface area contributed by atoms with Crippen molar-refractivity contribution in [2.75, 3.05) is 25.7 Å². The molecule has 5 heteroatoms. The highest BCUT2D eigenvalue weighted by Gasteiger charge is 2.14. The van der Waals surface area contributed by atoms with Crippen LogP contribution in [0.1, 0.15) is 0 Å². The van der Waals surface area contributed by atoms with Crippen molar-refractivity contribution in [3.8, 4) is 5.75 Å². The number of hydrogen-bond donors (Lipinski definition) is 1. The second-order valence-electron chi connectivity index (χ2n) is 2.93. The Kier molecular flexibility index (Phi) is 3.62. The van der Waals surface area contributed by atoms with Crippen LogP contribution in [0.15, 0.2) is 18.2 Å². The van der Waals surface area contributed by atoms with Crippen molar-refractivity contribution in [3.63, 3.8) is 0 Å². The molecule has 0 saturated carbocycles. The van der Waals surface area contributed by atoms with E-state index >= 15 is 0 Å². The van der Waals surface area contributed by atoms with Gasteiger partial charge in [0, 0.05) is 13.1 Å². The second-order valence-corrected chi connectivity index (χ2v) is 2.93. The zero-order valence-corrected chi connectivity index (χ0v) is 8.53. The van der Waals surface area contributed by atoms with Gasteiger partial charge in [0.05, 0.1) is 12.8 Å². The third-order valence-electron chi connectivity index (χ3n) is 2.01. The highest BCUT2D eigenvalue weighted by molar-refractivity contribution is 5.95. The van der Waals surface area contributed by atoms with Gasteiger partial charge in [-0.3, -0.25) is 4.79 Å². The number of aliphatic hydroxyl groups excluding tert-OH is 1. The van der Waals surface area contributed by atoms with Crippen LogP contribution in [0.5, 0.6) is 5.75 Å². The fourth-order valence-electron chi connectivity index (χ4n) is 1.17. The predicted octanol–water partition coefficient (Wildman–Crippen LogP) is 0.789. The predicted molar refractivity (Wildman–Crippen MR) is 53.4 cm³/mol. The summed E-state index contributed by atoms with van der Waals surface area (Å²) in [6, 6.07) is 3.83. The van der Waals surface area contributed by atoms with Gasteiger partial charge in [0.2, 0.25) is 0 Å². The number of ether oxygens (including phenoxy) is 1. The first-order valence-electron chi connectivity index (χ1n) is 4.31. The summed E-state index contributed by atoms with van der Waals surface area (Å²) in [5.74, 6) is -0.622. The molecule has 0 bridgehead atoms. The molecule has 1 N–H and O–H groups in total. The lowest BCUT2D eigenvalue weighted by atomic mass is 10.2. The number of anilines is 1. The maximum absolute atomic E-state index is 13.0. The summed E-state index contributed by atoms with van der Waals surface area (Å²) in [5.41, 5.74) is 0.288. The fraction of sp³-hybridized carbons (Fsp3) is 0.300. The SMILES string of the molecule is COc1ccc(F)cc1N(C)C(=O)CO. The van der Waals surface area contributed by atoms with E-state index in [1.807, 2.05) is 0 Å². The van der Waals surface area contributed by atoms with Crippen LogP contribution < -0.4 is 9.64 Å². The van der Waals surface area contributed by atoms with Gasteiger partial charge in [-0.2, -0.15) is 0 Å². The van der Waals surface area contributed by atoms with Crippen LogP contribution in [0.4, 0.5) is 10.1 Å². The van der Waals surface area contributed by atoms with Crippen molar-refractivity contribution < 1.29 is 19.0 Å². The van der Waals surface area contributed by atoms with Crippen LogP contribution in [0.2, 0.25) is 0 Å². The van der Waals surface area contributed by atoms with Gasteiger partial charge in [0.1, 0.15) is 18.2 Å². The van der Waals surface area contributed by atoms with Crippen molar-refractivity contribution >= 4 is 11.6 Å². The Labute approximate surface area is 86.9 Å². The van der Waals surface area contributed by atoms with Gasteiger partial charge in [-0.1, -0.05) is 0 Å². The third kappa shape index (κ3) is 2.44. The van der Waals surface area contributed by atoms with E-state index in [4.69, 9.17) is 9.84 Å². The molecule has 0 fully saturated rings. The summed E-state index contributed by atoms with van der Waals surface area (Å²) in [5, 5.41) is 8.67. The standard InChI is InChI=1S/C10H12FNO3/c1-12(10(14)6-13)8-5-7(11)3-4-9(8)15-2/h3-5,13H,6H2,1-2H3.